The topological polar surface area (TPSA) is 25.8 Å². The molecule has 1 aromatic carbocycles. The fourth-order valence-electron chi connectivity index (χ4n) is 1.44. The van der Waals surface area contributed by atoms with Gasteiger partial charge < -0.3 is 0 Å². The monoisotopic (exact) mass is 214 g/mol. The van der Waals surface area contributed by atoms with E-state index in [0.29, 0.717) is 0 Å². The Morgan fingerprint density at radius 3 is 2.50 bits per heavy atom. The van der Waals surface area contributed by atoms with Gasteiger partial charge in [0.25, 0.3) is 0 Å². The molecule has 2 nitrogen and oxygen atoms in total. The average Bonchev–Trinajstić information content (AvgIpc) is 2.30. The van der Waals surface area contributed by atoms with E-state index >= 15 is 0 Å². The van der Waals surface area contributed by atoms with Gasteiger partial charge in [-0.15, -0.1) is 0 Å². The van der Waals surface area contributed by atoms with Crippen LogP contribution in [0.5, 0.6) is 0 Å². The summed E-state index contributed by atoms with van der Waals surface area (Å²) in [5, 5.41) is 7.81. The van der Waals surface area contributed by atoms with Crippen LogP contribution < -0.4 is 0 Å². The number of rotatable bonds is 2. The Kier molecular flexibility index (Phi) is 3.05. The molecule has 0 saturated heterocycles. The van der Waals surface area contributed by atoms with Crippen molar-refractivity contribution < 1.29 is 4.39 Å². The second-order valence-corrected chi connectivity index (χ2v) is 3.46. The lowest BCUT2D eigenvalue weighted by molar-refractivity contribution is 0.648. The Balaban J connectivity index is 2.30. The second kappa shape index (κ2) is 4.66. The molecule has 0 aliphatic heterocycles. The molecule has 0 fully saturated rings. The fourth-order valence-corrected chi connectivity index (χ4v) is 1.44. The molecule has 0 unspecified atom stereocenters. The highest BCUT2D eigenvalue weighted by Crippen LogP contribution is 2.17. The molecule has 3 heteroatoms. The summed E-state index contributed by atoms with van der Waals surface area (Å²) in [6.45, 7) is 1.43. The summed E-state index contributed by atoms with van der Waals surface area (Å²) in [5.74, 6) is -0.202. The lowest BCUT2D eigenvalue weighted by Gasteiger charge is -1.99. The van der Waals surface area contributed by atoms with Gasteiger partial charge in [-0.25, -0.2) is 4.39 Å². The minimum Gasteiger partial charge on any atom is -0.212 e. The SMILES string of the molecule is C/C(F)=C\c1ccc(-c2cccnn2)cc1. The van der Waals surface area contributed by atoms with E-state index in [-0.39, 0.29) is 5.83 Å². The van der Waals surface area contributed by atoms with Crippen LogP contribution in [0.1, 0.15) is 12.5 Å². The Hall–Kier alpha value is -2.03. The highest BCUT2D eigenvalue weighted by Gasteiger charge is 1.98. The van der Waals surface area contributed by atoms with Crippen LogP contribution in [0.2, 0.25) is 0 Å². The molecular formula is C13H11FN2. The molecule has 0 radical (unpaired) electrons. The molecule has 0 atom stereocenters. The quantitative estimate of drug-likeness (QED) is 0.764. The Morgan fingerprint density at radius 2 is 1.94 bits per heavy atom. The summed E-state index contributed by atoms with van der Waals surface area (Å²) in [4.78, 5) is 0. The van der Waals surface area contributed by atoms with Gasteiger partial charge in [0.05, 0.1) is 11.5 Å². The van der Waals surface area contributed by atoms with Crippen LogP contribution in [0.4, 0.5) is 4.39 Å². The second-order valence-electron chi connectivity index (χ2n) is 3.46. The molecule has 0 spiro atoms. The first-order valence-corrected chi connectivity index (χ1v) is 4.97. The molecule has 0 aliphatic rings. The Bertz CT molecular complexity index is 485. The van der Waals surface area contributed by atoms with Crippen LogP contribution in [-0.2, 0) is 0 Å². The number of benzene rings is 1. The predicted molar refractivity (Wildman–Crippen MR) is 62.2 cm³/mol. The van der Waals surface area contributed by atoms with Gasteiger partial charge in [-0.05, 0) is 30.7 Å². The van der Waals surface area contributed by atoms with E-state index in [1.165, 1.54) is 13.0 Å². The lowest BCUT2D eigenvalue weighted by atomic mass is 10.1. The summed E-state index contributed by atoms with van der Waals surface area (Å²) in [5.41, 5.74) is 2.63. The molecule has 80 valence electrons. The van der Waals surface area contributed by atoms with E-state index in [4.69, 9.17) is 0 Å². The highest BCUT2D eigenvalue weighted by molar-refractivity contribution is 5.62. The third-order valence-electron chi connectivity index (χ3n) is 2.14. The summed E-state index contributed by atoms with van der Waals surface area (Å²) in [6.07, 6.45) is 3.12. The molecule has 0 amide bonds. The van der Waals surface area contributed by atoms with Crippen molar-refractivity contribution in [3.8, 4) is 11.3 Å². The van der Waals surface area contributed by atoms with E-state index in [2.05, 4.69) is 10.2 Å². The standard InChI is InChI=1S/C13H11FN2/c1-10(14)9-11-4-6-12(7-5-11)13-3-2-8-15-16-13/h2-9H,1H3/b10-9+. The summed E-state index contributed by atoms with van der Waals surface area (Å²) >= 11 is 0. The van der Waals surface area contributed by atoms with Gasteiger partial charge in [0.15, 0.2) is 0 Å². The van der Waals surface area contributed by atoms with Gasteiger partial charge in [0, 0.05) is 11.8 Å². The van der Waals surface area contributed by atoms with Crippen molar-refractivity contribution in [3.63, 3.8) is 0 Å². The smallest absolute Gasteiger partial charge is 0.0974 e. The van der Waals surface area contributed by atoms with Crippen LogP contribution in [0.25, 0.3) is 17.3 Å². The zero-order chi connectivity index (χ0) is 11.4. The zero-order valence-corrected chi connectivity index (χ0v) is 8.89. The van der Waals surface area contributed by atoms with Crippen molar-refractivity contribution in [1.82, 2.24) is 10.2 Å². The van der Waals surface area contributed by atoms with Gasteiger partial charge in [0.1, 0.15) is 0 Å². The molecule has 16 heavy (non-hydrogen) atoms. The molecule has 0 aliphatic carbocycles. The third-order valence-corrected chi connectivity index (χ3v) is 2.14. The van der Waals surface area contributed by atoms with Gasteiger partial charge in [-0.1, -0.05) is 24.3 Å². The molecule has 2 aromatic rings. The van der Waals surface area contributed by atoms with Gasteiger partial charge >= 0.3 is 0 Å². The van der Waals surface area contributed by atoms with Crippen LogP contribution in [0.15, 0.2) is 48.4 Å². The maximum atomic E-state index is 12.6. The molecular weight excluding hydrogens is 203 g/mol. The number of allylic oxidation sites excluding steroid dienone is 1. The van der Waals surface area contributed by atoms with E-state index in [0.717, 1.165) is 16.8 Å². The number of nitrogens with zero attached hydrogens (tertiary/aromatic N) is 2. The minimum absolute atomic E-state index is 0.202. The Labute approximate surface area is 93.5 Å². The number of hydrogen-bond acceptors (Lipinski definition) is 2. The molecule has 1 heterocycles. The van der Waals surface area contributed by atoms with Gasteiger partial charge in [-0.3, -0.25) is 0 Å². The predicted octanol–water partition coefficient (Wildman–Crippen LogP) is 3.47. The lowest BCUT2D eigenvalue weighted by Crippen LogP contribution is -1.85. The zero-order valence-electron chi connectivity index (χ0n) is 8.89. The number of aromatic nitrogens is 2. The average molecular weight is 214 g/mol. The number of halogens is 1. The van der Waals surface area contributed by atoms with Crippen molar-refractivity contribution in [3.05, 3.63) is 54.0 Å². The van der Waals surface area contributed by atoms with Crippen molar-refractivity contribution in [2.45, 2.75) is 6.92 Å². The van der Waals surface area contributed by atoms with Crippen LogP contribution >= 0.6 is 0 Å². The summed E-state index contributed by atoms with van der Waals surface area (Å²) < 4.78 is 12.6. The normalized spacial score (nSPS) is 11.5. The molecule has 0 saturated carbocycles. The first-order chi connectivity index (χ1) is 7.75. The molecule has 0 N–H and O–H groups in total. The van der Waals surface area contributed by atoms with Crippen molar-refractivity contribution >= 4 is 6.08 Å². The van der Waals surface area contributed by atoms with Crippen LogP contribution in [0, 0.1) is 0 Å². The summed E-state index contributed by atoms with van der Waals surface area (Å²) in [6, 6.07) is 11.2. The molecule has 1 aromatic heterocycles. The number of hydrogen-bond donors (Lipinski definition) is 0. The van der Waals surface area contributed by atoms with E-state index < -0.39 is 0 Å². The van der Waals surface area contributed by atoms with Crippen molar-refractivity contribution in [2.75, 3.05) is 0 Å². The highest BCUT2D eigenvalue weighted by atomic mass is 19.1. The molecule has 2 rings (SSSR count). The van der Waals surface area contributed by atoms with Crippen molar-refractivity contribution in [1.29, 1.82) is 0 Å². The third kappa shape index (κ3) is 2.51. The van der Waals surface area contributed by atoms with E-state index in [1.54, 1.807) is 6.20 Å². The van der Waals surface area contributed by atoms with Gasteiger partial charge in [-0.2, -0.15) is 10.2 Å². The minimum atomic E-state index is -0.202. The first kappa shape index (κ1) is 10.5. The van der Waals surface area contributed by atoms with E-state index in [1.807, 2.05) is 36.4 Å². The van der Waals surface area contributed by atoms with E-state index in [9.17, 15) is 4.39 Å². The summed E-state index contributed by atoms with van der Waals surface area (Å²) in [7, 11) is 0. The first-order valence-electron chi connectivity index (χ1n) is 4.97. The Morgan fingerprint density at radius 1 is 1.19 bits per heavy atom. The maximum Gasteiger partial charge on any atom is 0.0974 e. The van der Waals surface area contributed by atoms with Crippen LogP contribution in [-0.4, -0.2) is 10.2 Å². The fraction of sp³-hybridized carbons (Fsp3) is 0.0769. The maximum absolute atomic E-state index is 12.6. The van der Waals surface area contributed by atoms with Crippen molar-refractivity contribution in [2.24, 2.45) is 0 Å². The molecule has 0 bridgehead atoms. The van der Waals surface area contributed by atoms with Crippen LogP contribution in [0.3, 0.4) is 0 Å². The largest absolute Gasteiger partial charge is 0.212 e. The van der Waals surface area contributed by atoms with Gasteiger partial charge in [0.2, 0.25) is 0 Å².